The van der Waals surface area contributed by atoms with Crippen molar-refractivity contribution >= 4 is 27.5 Å². The van der Waals surface area contributed by atoms with E-state index < -0.39 is 28.5 Å². The first kappa shape index (κ1) is 32.5. The molecule has 4 aromatic carbocycles. The summed E-state index contributed by atoms with van der Waals surface area (Å²) < 4.78 is 29.2. The van der Waals surface area contributed by atoms with Gasteiger partial charge in [0.25, 0.3) is 10.0 Å². The van der Waals surface area contributed by atoms with Crippen LogP contribution in [0.25, 0.3) is 0 Å². The van der Waals surface area contributed by atoms with Crippen molar-refractivity contribution in [2.24, 2.45) is 0 Å². The van der Waals surface area contributed by atoms with E-state index in [2.05, 4.69) is 5.32 Å². The molecule has 1 N–H and O–H groups in total. The first-order chi connectivity index (χ1) is 21.3. The van der Waals surface area contributed by atoms with Crippen molar-refractivity contribution in [3.05, 3.63) is 132 Å². The minimum atomic E-state index is -4.11. The third-order valence-electron chi connectivity index (χ3n) is 7.54. The van der Waals surface area contributed by atoms with Gasteiger partial charge in [-0.25, -0.2) is 8.42 Å². The van der Waals surface area contributed by atoms with Crippen LogP contribution in [0.3, 0.4) is 0 Å². The number of hydrogen-bond donors (Lipinski definition) is 1. The summed E-state index contributed by atoms with van der Waals surface area (Å²) in [6.45, 7) is 4.24. The second-order valence-corrected chi connectivity index (χ2v) is 12.6. The topological polar surface area (TPSA) is 86.8 Å². The molecule has 0 aliphatic rings. The average Bonchev–Trinajstić information content (AvgIpc) is 3.06. The van der Waals surface area contributed by atoms with Gasteiger partial charge in [-0.05, 0) is 53.8 Å². The summed E-state index contributed by atoms with van der Waals surface area (Å²) in [7, 11) is -4.11. The van der Waals surface area contributed by atoms with Crippen LogP contribution in [-0.4, -0.2) is 44.3 Å². The summed E-state index contributed by atoms with van der Waals surface area (Å²) in [5, 5.41) is 3.01. The molecule has 230 valence electrons. The maximum atomic E-state index is 14.4. The highest BCUT2D eigenvalue weighted by Gasteiger charge is 2.34. The van der Waals surface area contributed by atoms with Crippen LogP contribution in [0.4, 0.5) is 5.69 Å². The number of hydrogen-bond acceptors (Lipinski definition) is 4. The van der Waals surface area contributed by atoms with E-state index in [1.54, 1.807) is 30.3 Å². The van der Waals surface area contributed by atoms with Crippen LogP contribution in [-0.2, 0) is 39.0 Å². The Bertz CT molecular complexity index is 1580. The van der Waals surface area contributed by atoms with Gasteiger partial charge < -0.3 is 10.2 Å². The van der Waals surface area contributed by atoms with Crippen LogP contribution >= 0.6 is 0 Å². The molecule has 0 saturated carbocycles. The van der Waals surface area contributed by atoms with Crippen LogP contribution in [0.1, 0.15) is 43.4 Å². The van der Waals surface area contributed by atoms with Gasteiger partial charge in [-0.1, -0.05) is 111 Å². The minimum absolute atomic E-state index is 0.0834. The molecular formula is C36H41N3O4S. The summed E-state index contributed by atoms with van der Waals surface area (Å²) in [6, 6.07) is 33.5. The standard InChI is InChI=1S/C36H41N3O4S/c1-3-5-25-37-36(41)34(26-30-15-9-6-10-16-30)38(27-31-17-11-7-12-18-31)35(40)28-39(32-23-21-29(4-2)22-24-32)44(42,43)33-19-13-8-14-20-33/h6-24,34H,3-5,25-28H2,1-2H3,(H,37,41)/t34-/m0/s1. The fourth-order valence-corrected chi connectivity index (χ4v) is 6.42. The van der Waals surface area contributed by atoms with Gasteiger partial charge >= 0.3 is 0 Å². The molecule has 4 aromatic rings. The molecule has 0 bridgehead atoms. The van der Waals surface area contributed by atoms with E-state index in [9.17, 15) is 18.0 Å². The third kappa shape index (κ3) is 8.57. The number of nitrogens with one attached hydrogen (secondary N) is 1. The maximum absolute atomic E-state index is 14.4. The van der Waals surface area contributed by atoms with Gasteiger partial charge in [0.2, 0.25) is 11.8 Å². The van der Waals surface area contributed by atoms with Crippen LogP contribution in [0, 0.1) is 0 Å². The van der Waals surface area contributed by atoms with E-state index in [4.69, 9.17) is 0 Å². The van der Waals surface area contributed by atoms with Gasteiger partial charge in [0.15, 0.2) is 0 Å². The lowest BCUT2D eigenvalue weighted by atomic mass is 10.0. The van der Waals surface area contributed by atoms with Crippen LogP contribution in [0.15, 0.2) is 120 Å². The van der Waals surface area contributed by atoms with Gasteiger partial charge in [0.05, 0.1) is 10.6 Å². The van der Waals surface area contributed by atoms with E-state index in [0.717, 1.165) is 40.3 Å². The molecule has 0 aliphatic heterocycles. The van der Waals surface area contributed by atoms with Crippen molar-refractivity contribution in [2.75, 3.05) is 17.4 Å². The van der Waals surface area contributed by atoms with Gasteiger partial charge in [0, 0.05) is 19.5 Å². The molecule has 44 heavy (non-hydrogen) atoms. The number of rotatable bonds is 15. The summed E-state index contributed by atoms with van der Waals surface area (Å²) in [4.78, 5) is 29.8. The predicted octanol–water partition coefficient (Wildman–Crippen LogP) is 6.00. The molecule has 0 saturated heterocycles. The maximum Gasteiger partial charge on any atom is 0.264 e. The Labute approximate surface area is 261 Å². The van der Waals surface area contributed by atoms with Crippen molar-refractivity contribution in [3.63, 3.8) is 0 Å². The molecule has 0 heterocycles. The number of amides is 2. The zero-order valence-electron chi connectivity index (χ0n) is 25.4. The highest BCUT2D eigenvalue weighted by molar-refractivity contribution is 7.92. The van der Waals surface area contributed by atoms with E-state index in [1.807, 2.05) is 86.6 Å². The second kappa shape index (κ2) is 15.9. The molecule has 0 radical (unpaired) electrons. The van der Waals surface area contributed by atoms with Gasteiger partial charge in [-0.2, -0.15) is 0 Å². The molecule has 4 rings (SSSR count). The smallest absolute Gasteiger partial charge is 0.264 e. The summed E-state index contributed by atoms with van der Waals surface area (Å²) in [5.74, 6) is -0.740. The monoisotopic (exact) mass is 611 g/mol. The Morgan fingerprint density at radius 1 is 0.727 bits per heavy atom. The summed E-state index contributed by atoms with van der Waals surface area (Å²) >= 11 is 0. The van der Waals surface area contributed by atoms with Gasteiger partial charge in [-0.15, -0.1) is 0 Å². The van der Waals surface area contributed by atoms with E-state index in [-0.39, 0.29) is 23.8 Å². The number of unbranched alkanes of at least 4 members (excludes halogenated alkanes) is 1. The Kier molecular flexibility index (Phi) is 11.7. The van der Waals surface area contributed by atoms with Crippen LogP contribution < -0.4 is 9.62 Å². The normalized spacial score (nSPS) is 11.9. The molecule has 8 heteroatoms. The Morgan fingerprint density at radius 2 is 1.30 bits per heavy atom. The number of aryl methyl sites for hydroxylation is 1. The summed E-state index contributed by atoms with van der Waals surface area (Å²) in [5.41, 5.74) is 3.17. The first-order valence-corrected chi connectivity index (χ1v) is 16.6. The number of carbonyl (C=O) groups excluding carboxylic acids is 2. The molecular weight excluding hydrogens is 570 g/mol. The van der Waals surface area contributed by atoms with Crippen molar-refractivity contribution in [2.45, 2.75) is 57.0 Å². The van der Waals surface area contributed by atoms with Crippen molar-refractivity contribution < 1.29 is 18.0 Å². The lowest BCUT2D eigenvalue weighted by molar-refractivity contribution is -0.140. The first-order valence-electron chi connectivity index (χ1n) is 15.1. The molecule has 2 amide bonds. The van der Waals surface area contributed by atoms with E-state index in [0.29, 0.717) is 12.2 Å². The van der Waals surface area contributed by atoms with Crippen molar-refractivity contribution in [3.8, 4) is 0 Å². The lowest BCUT2D eigenvalue weighted by Gasteiger charge is -2.34. The zero-order valence-corrected chi connectivity index (χ0v) is 26.2. The predicted molar refractivity (Wildman–Crippen MR) is 176 cm³/mol. The Balaban J connectivity index is 1.76. The fourth-order valence-electron chi connectivity index (χ4n) is 4.99. The molecule has 0 aliphatic carbocycles. The number of anilines is 1. The lowest BCUT2D eigenvalue weighted by Crippen LogP contribution is -2.53. The molecule has 0 fully saturated rings. The van der Waals surface area contributed by atoms with Gasteiger partial charge in [-0.3, -0.25) is 13.9 Å². The third-order valence-corrected chi connectivity index (χ3v) is 9.33. The molecule has 7 nitrogen and oxygen atoms in total. The number of sulfonamides is 1. The van der Waals surface area contributed by atoms with Gasteiger partial charge in [0.1, 0.15) is 12.6 Å². The fraction of sp³-hybridized carbons (Fsp3) is 0.278. The van der Waals surface area contributed by atoms with Crippen LogP contribution in [0.2, 0.25) is 0 Å². The zero-order chi connectivity index (χ0) is 31.4. The van der Waals surface area contributed by atoms with Crippen molar-refractivity contribution in [1.82, 2.24) is 10.2 Å². The second-order valence-electron chi connectivity index (χ2n) is 10.7. The average molecular weight is 612 g/mol. The van der Waals surface area contributed by atoms with E-state index in [1.165, 1.54) is 17.0 Å². The minimum Gasteiger partial charge on any atom is -0.354 e. The quantitative estimate of drug-likeness (QED) is 0.167. The number of carbonyl (C=O) groups is 2. The summed E-state index contributed by atoms with van der Waals surface area (Å²) in [6.07, 6.45) is 2.81. The molecule has 0 spiro atoms. The molecule has 1 atom stereocenters. The number of nitrogens with zero attached hydrogens (tertiary/aromatic N) is 2. The van der Waals surface area contributed by atoms with Crippen LogP contribution in [0.5, 0.6) is 0 Å². The largest absolute Gasteiger partial charge is 0.354 e. The SMILES string of the molecule is CCCCNC(=O)[C@H](Cc1ccccc1)N(Cc1ccccc1)C(=O)CN(c1ccc(CC)cc1)S(=O)(=O)c1ccccc1. The Morgan fingerprint density at radius 3 is 1.86 bits per heavy atom. The van der Waals surface area contributed by atoms with Crippen molar-refractivity contribution in [1.29, 1.82) is 0 Å². The molecule has 0 unspecified atom stereocenters. The Hall–Kier alpha value is -4.43. The molecule has 0 aromatic heterocycles. The van der Waals surface area contributed by atoms with E-state index >= 15 is 0 Å². The highest BCUT2D eigenvalue weighted by atomic mass is 32.2. The number of benzene rings is 4. The highest BCUT2D eigenvalue weighted by Crippen LogP contribution is 2.25.